The standard InChI is InChI=1S/C10H14N2/c1-11-12-7-6-9-4-2-3-5-10(9)8-12/h2-5,9-10H,1,6-8H2. The first-order chi connectivity index (χ1) is 5.90. The number of hydrogen-bond acceptors (Lipinski definition) is 2. The first-order valence-electron chi connectivity index (χ1n) is 4.47. The molecule has 2 aliphatic rings. The van der Waals surface area contributed by atoms with E-state index in [0.717, 1.165) is 19.0 Å². The van der Waals surface area contributed by atoms with Gasteiger partial charge in [-0.15, -0.1) is 0 Å². The molecule has 0 amide bonds. The summed E-state index contributed by atoms with van der Waals surface area (Å²) in [6, 6.07) is 0. The SMILES string of the molecule is C=NN1CCC2C=CC=CC2C1. The molecule has 0 aromatic carbocycles. The highest BCUT2D eigenvalue weighted by Crippen LogP contribution is 2.28. The molecule has 1 fully saturated rings. The summed E-state index contributed by atoms with van der Waals surface area (Å²) in [7, 11) is 0. The molecule has 0 spiro atoms. The lowest BCUT2D eigenvalue weighted by atomic mass is 9.83. The van der Waals surface area contributed by atoms with Crippen LogP contribution in [0.25, 0.3) is 0 Å². The third-order valence-electron chi connectivity index (χ3n) is 2.72. The minimum Gasteiger partial charge on any atom is -0.297 e. The lowest BCUT2D eigenvalue weighted by molar-refractivity contribution is 0.172. The molecule has 0 radical (unpaired) electrons. The van der Waals surface area contributed by atoms with Crippen molar-refractivity contribution in [2.45, 2.75) is 6.42 Å². The van der Waals surface area contributed by atoms with E-state index in [1.165, 1.54) is 6.42 Å². The summed E-state index contributed by atoms with van der Waals surface area (Å²) in [5, 5.41) is 6.02. The van der Waals surface area contributed by atoms with Crippen LogP contribution in [0.3, 0.4) is 0 Å². The second kappa shape index (κ2) is 3.13. The van der Waals surface area contributed by atoms with E-state index in [1.807, 2.05) is 0 Å². The molecular weight excluding hydrogens is 148 g/mol. The van der Waals surface area contributed by atoms with Gasteiger partial charge in [-0.1, -0.05) is 24.3 Å². The summed E-state index contributed by atoms with van der Waals surface area (Å²) < 4.78 is 0. The van der Waals surface area contributed by atoms with Gasteiger partial charge in [-0.3, -0.25) is 5.01 Å². The van der Waals surface area contributed by atoms with Crippen LogP contribution in [0.5, 0.6) is 0 Å². The van der Waals surface area contributed by atoms with Gasteiger partial charge in [0.1, 0.15) is 0 Å². The Kier molecular flexibility index (Phi) is 1.98. The van der Waals surface area contributed by atoms with E-state index in [1.54, 1.807) is 0 Å². The predicted octanol–water partition coefficient (Wildman–Crippen LogP) is 1.67. The van der Waals surface area contributed by atoms with Gasteiger partial charge in [-0.25, -0.2) is 0 Å². The molecule has 64 valence electrons. The first-order valence-corrected chi connectivity index (χ1v) is 4.47. The summed E-state index contributed by atoms with van der Waals surface area (Å²) in [6.07, 6.45) is 10.1. The maximum Gasteiger partial charge on any atom is 0.0428 e. The summed E-state index contributed by atoms with van der Waals surface area (Å²) in [4.78, 5) is 0. The van der Waals surface area contributed by atoms with Gasteiger partial charge in [-0.2, -0.15) is 5.10 Å². The second-order valence-corrected chi connectivity index (χ2v) is 3.44. The molecule has 2 heteroatoms. The summed E-state index contributed by atoms with van der Waals surface area (Å²) >= 11 is 0. The molecule has 2 atom stereocenters. The normalized spacial score (nSPS) is 33.2. The molecule has 1 saturated heterocycles. The highest BCUT2D eigenvalue weighted by molar-refractivity contribution is 5.23. The molecule has 0 saturated carbocycles. The van der Waals surface area contributed by atoms with Crippen LogP contribution in [0.15, 0.2) is 29.4 Å². The number of nitrogens with zero attached hydrogens (tertiary/aromatic N) is 2. The van der Waals surface area contributed by atoms with E-state index < -0.39 is 0 Å². The minimum absolute atomic E-state index is 0.661. The number of fused-ring (bicyclic) bond motifs is 1. The number of allylic oxidation sites excluding steroid dienone is 3. The van der Waals surface area contributed by atoms with E-state index >= 15 is 0 Å². The zero-order valence-electron chi connectivity index (χ0n) is 7.19. The average Bonchev–Trinajstić information content (AvgIpc) is 2.17. The van der Waals surface area contributed by atoms with Crippen molar-refractivity contribution in [2.75, 3.05) is 13.1 Å². The van der Waals surface area contributed by atoms with Crippen LogP contribution in [0.4, 0.5) is 0 Å². The van der Waals surface area contributed by atoms with Crippen molar-refractivity contribution in [1.29, 1.82) is 0 Å². The Morgan fingerprint density at radius 2 is 2.00 bits per heavy atom. The highest BCUT2D eigenvalue weighted by atomic mass is 15.4. The van der Waals surface area contributed by atoms with E-state index in [0.29, 0.717) is 5.92 Å². The van der Waals surface area contributed by atoms with Gasteiger partial charge in [0.05, 0.1) is 0 Å². The van der Waals surface area contributed by atoms with Crippen molar-refractivity contribution in [3.05, 3.63) is 24.3 Å². The van der Waals surface area contributed by atoms with Crippen molar-refractivity contribution in [3.8, 4) is 0 Å². The fourth-order valence-electron chi connectivity index (χ4n) is 1.97. The van der Waals surface area contributed by atoms with Crippen LogP contribution in [-0.2, 0) is 0 Å². The monoisotopic (exact) mass is 162 g/mol. The van der Waals surface area contributed by atoms with Crippen LogP contribution in [0, 0.1) is 11.8 Å². The molecule has 12 heavy (non-hydrogen) atoms. The molecule has 0 aromatic heterocycles. The number of rotatable bonds is 1. The molecule has 0 N–H and O–H groups in total. The van der Waals surface area contributed by atoms with Crippen LogP contribution < -0.4 is 0 Å². The second-order valence-electron chi connectivity index (χ2n) is 3.44. The Morgan fingerprint density at radius 3 is 2.75 bits per heavy atom. The predicted molar refractivity (Wildman–Crippen MR) is 51.0 cm³/mol. The average molecular weight is 162 g/mol. The van der Waals surface area contributed by atoms with E-state index in [9.17, 15) is 0 Å². The van der Waals surface area contributed by atoms with Gasteiger partial charge in [0, 0.05) is 25.7 Å². The molecular formula is C10H14N2. The molecule has 1 aliphatic heterocycles. The van der Waals surface area contributed by atoms with Crippen LogP contribution in [-0.4, -0.2) is 24.8 Å². The first kappa shape index (κ1) is 7.59. The minimum atomic E-state index is 0.661. The highest BCUT2D eigenvalue weighted by Gasteiger charge is 2.25. The summed E-state index contributed by atoms with van der Waals surface area (Å²) in [5.74, 6) is 1.40. The lowest BCUT2D eigenvalue weighted by Crippen LogP contribution is -2.36. The molecule has 1 aliphatic carbocycles. The number of hydrogen-bond donors (Lipinski definition) is 0. The third-order valence-corrected chi connectivity index (χ3v) is 2.72. The van der Waals surface area contributed by atoms with Gasteiger partial charge in [-0.05, 0) is 12.3 Å². The van der Waals surface area contributed by atoms with Crippen molar-refractivity contribution in [1.82, 2.24) is 5.01 Å². The van der Waals surface area contributed by atoms with E-state index in [4.69, 9.17) is 0 Å². The number of hydrazone groups is 1. The lowest BCUT2D eigenvalue weighted by Gasteiger charge is -2.35. The van der Waals surface area contributed by atoms with Crippen LogP contribution in [0.2, 0.25) is 0 Å². The largest absolute Gasteiger partial charge is 0.297 e. The van der Waals surface area contributed by atoms with Gasteiger partial charge >= 0.3 is 0 Å². The summed E-state index contributed by atoms with van der Waals surface area (Å²) in [5.41, 5.74) is 0. The Morgan fingerprint density at radius 1 is 1.25 bits per heavy atom. The van der Waals surface area contributed by atoms with Gasteiger partial charge in [0.2, 0.25) is 0 Å². The molecule has 2 unspecified atom stereocenters. The fourth-order valence-corrected chi connectivity index (χ4v) is 1.97. The fraction of sp³-hybridized carbons (Fsp3) is 0.500. The zero-order valence-corrected chi connectivity index (χ0v) is 7.19. The maximum absolute atomic E-state index is 3.96. The molecule has 2 nitrogen and oxygen atoms in total. The molecule has 1 heterocycles. The maximum atomic E-state index is 3.96. The Hall–Kier alpha value is -1.05. The van der Waals surface area contributed by atoms with E-state index in [-0.39, 0.29) is 0 Å². The Balaban J connectivity index is 2.05. The van der Waals surface area contributed by atoms with Crippen molar-refractivity contribution >= 4 is 6.72 Å². The molecule has 0 aromatic rings. The van der Waals surface area contributed by atoms with Gasteiger partial charge < -0.3 is 0 Å². The van der Waals surface area contributed by atoms with E-state index in [2.05, 4.69) is 41.1 Å². The number of piperidine rings is 1. The Labute approximate surface area is 73.3 Å². The third kappa shape index (κ3) is 1.29. The quantitative estimate of drug-likeness (QED) is 0.535. The van der Waals surface area contributed by atoms with Crippen molar-refractivity contribution in [2.24, 2.45) is 16.9 Å². The topological polar surface area (TPSA) is 15.6 Å². The smallest absolute Gasteiger partial charge is 0.0428 e. The van der Waals surface area contributed by atoms with Gasteiger partial charge in [0.25, 0.3) is 0 Å². The van der Waals surface area contributed by atoms with Crippen LogP contribution >= 0.6 is 0 Å². The summed E-state index contributed by atoms with van der Waals surface area (Å²) in [6.45, 7) is 5.65. The Bertz CT molecular complexity index is 230. The van der Waals surface area contributed by atoms with Crippen molar-refractivity contribution < 1.29 is 0 Å². The molecule has 2 rings (SSSR count). The van der Waals surface area contributed by atoms with Gasteiger partial charge in [0.15, 0.2) is 0 Å². The van der Waals surface area contributed by atoms with Crippen molar-refractivity contribution in [3.63, 3.8) is 0 Å². The zero-order chi connectivity index (χ0) is 8.39. The van der Waals surface area contributed by atoms with Crippen LogP contribution in [0.1, 0.15) is 6.42 Å². The molecule has 0 bridgehead atoms.